The van der Waals surface area contributed by atoms with Gasteiger partial charge in [-0.25, -0.2) is 9.18 Å². The Hall–Kier alpha value is -3.46. The quantitative estimate of drug-likeness (QED) is 0.366. The molecular formula is C26H31FN2O6. The van der Waals surface area contributed by atoms with E-state index in [4.69, 9.17) is 14.2 Å². The Morgan fingerprint density at radius 3 is 2.46 bits per heavy atom. The van der Waals surface area contributed by atoms with E-state index in [9.17, 15) is 14.4 Å². The number of hydrogen-bond acceptors (Lipinski definition) is 6. The summed E-state index contributed by atoms with van der Waals surface area (Å²) in [6, 6.07) is 17.2. The summed E-state index contributed by atoms with van der Waals surface area (Å²) < 4.78 is 31.1. The standard InChI is InChI=1S/C26H31FN2O6/c1-33-19-26(27)15-22(25(32)35-17-20-9-4-2-5-10-20)29(18-26)24(31)16-28-23(30)13-8-14-34-21-11-6-3-7-12-21/h2-7,9-12,22H,8,13-19H2,1H3,(H,28,30)/t22-,26+/m0/s1. The van der Waals surface area contributed by atoms with Gasteiger partial charge in [-0.2, -0.15) is 0 Å². The van der Waals surface area contributed by atoms with Gasteiger partial charge in [0, 0.05) is 20.0 Å². The van der Waals surface area contributed by atoms with Gasteiger partial charge in [-0.15, -0.1) is 0 Å². The van der Waals surface area contributed by atoms with E-state index < -0.39 is 23.6 Å². The maximum absolute atomic E-state index is 15.2. The molecule has 1 fully saturated rings. The van der Waals surface area contributed by atoms with Crippen LogP contribution in [0, 0.1) is 0 Å². The first-order valence-corrected chi connectivity index (χ1v) is 11.5. The second kappa shape index (κ2) is 12.9. The summed E-state index contributed by atoms with van der Waals surface area (Å²) in [4.78, 5) is 38.8. The van der Waals surface area contributed by atoms with E-state index in [1.165, 1.54) is 7.11 Å². The molecule has 9 heteroatoms. The molecule has 0 spiro atoms. The Morgan fingerprint density at radius 2 is 1.77 bits per heavy atom. The topological polar surface area (TPSA) is 94.2 Å². The number of para-hydroxylation sites is 1. The number of hydrogen-bond donors (Lipinski definition) is 1. The van der Waals surface area contributed by atoms with Gasteiger partial charge in [0.15, 0.2) is 5.67 Å². The number of rotatable bonds is 12. The van der Waals surface area contributed by atoms with Crippen LogP contribution in [0.3, 0.4) is 0 Å². The van der Waals surface area contributed by atoms with Crippen LogP contribution >= 0.6 is 0 Å². The number of halogens is 1. The van der Waals surface area contributed by atoms with Crippen molar-refractivity contribution in [1.29, 1.82) is 0 Å². The zero-order chi connectivity index (χ0) is 25.1. The molecule has 3 rings (SSSR count). The van der Waals surface area contributed by atoms with E-state index in [0.717, 1.165) is 10.5 Å². The van der Waals surface area contributed by atoms with Gasteiger partial charge >= 0.3 is 5.97 Å². The summed E-state index contributed by atoms with van der Waals surface area (Å²) in [6.07, 6.45) is 0.402. The van der Waals surface area contributed by atoms with Crippen LogP contribution < -0.4 is 10.1 Å². The van der Waals surface area contributed by atoms with Gasteiger partial charge in [-0.1, -0.05) is 48.5 Å². The number of carbonyl (C=O) groups excluding carboxylic acids is 3. The molecule has 35 heavy (non-hydrogen) atoms. The van der Waals surface area contributed by atoms with Crippen LogP contribution in [0.15, 0.2) is 60.7 Å². The summed E-state index contributed by atoms with van der Waals surface area (Å²) in [5, 5.41) is 2.54. The second-order valence-electron chi connectivity index (χ2n) is 8.46. The van der Waals surface area contributed by atoms with Gasteiger partial charge in [0.25, 0.3) is 0 Å². The molecule has 2 atom stereocenters. The average molecular weight is 487 g/mol. The first kappa shape index (κ1) is 26.2. The van der Waals surface area contributed by atoms with Crippen molar-refractivity contribution in [1.82, 2.24) is 10.2 Å². The second-order valence-corrected chi connectivity index (χ2v) is 8.46. The third-order valence-electron chi connectivity index (χ3n) is 5.61. The molecule has 0 aliphatic carbocycles. The summed E-state index contributed by atoms with van der Waals surface area (Å²) in [5.41, 5.74) is -1.09. The molecule has 0 radical (unpaired) electrons. The van der Waals surface area contributed by atoms with Gasteiger partial charge in [0.2, 0.25) is 11.8 Å². The highest BCUT2D eigenvalue weighted by Gasteiger charge is 2.50. The summed E-state index contributed by atoms with van der Waals surface area (Å²) in [7, 11) is 1.36. The van der Waals surface area contributed by atoms with E-state index in [2.05, 4.69) is 5.32 Å². The number of alkyl halides is 1. The third-order valence-corrected chi connectivity index (χ3v) is 5.61. The molecule has 188 valence electrons. The molecule has 8 nitrogen and oxygen atoms in total. The number of esters is 1. The zero-order valence-electron chi connectivity index (χ0n) is 19.8. The minimum atomic E-state index is -1.88. The fourth-order valence-corrected chi connectivity index (χ4v) is 3.90. The SMILES string of the molecule is COC[C@@]1(F)C[C@@H](C(=O)OCc2ccccc2)N(C(=O)CNC(=O)CCCOc2ccccc2)C1. The number of amides is 2. The minimum Gasteiger partial charge on any atom is -0.494 e. The van der Waals surface area contributed by atoms with Crippen molar-refractivity contribution in [2.45, 2.75) is 37.6 Å². The van der Waals surface area contributed by atoms with Gasteiger partial charge in [-0.05, 0) is 24.1 Å². The van der Waals surface area contributed by atoms with E-state index in [0.29, 0.717) is 18.8 Å². The Balaban J connectivity index is 1.48. The molecule has 1 saturated heterocycles. The Labute approximate surface area is 204 Å². The highest BCUT2D eigenvalue weighted by atomic mass is 19.1. The van der Waals surface area contributed by atoms with Gasteiger partial charge < -0.3 is 24.4 Å². The first-order valence-electron chi connectivity index (χ1n) is 11.5. The lowest BCUT2D eigenvalue weighted by Crippen LogP contribution is -2.46. The molecule has 2 aromatic rings. The van der Waals surface area contributed by atoms with Crippen molar-refractivity contribution in [2.75, 3.05) is 33.4 Å². The van der Waals surface area contributed by atoms with Crippen LogP contribution in [-0.4, -0.2) is 67.8 Å². The lowest BCUT2D eigenvalue weighted by molar-refractivity contribution is -0.154. The molecule has 0 bridgehead atoms. The van der Waals surface area contributed by atoms with Crippen molar-refractivity contribution in [3.05, 3.63) is 66.2 Å². The zero-order valence-corrected chi connectivity index (χ0v) is 19.8. The monoisotopic (exact) mass is 486 g/mol. The largest absolute Gasteiger partial charge is 0.494 e. The Kier molecular flexibility index (Phi) is 9.60. The summed E-state index contributed by atoms with van der Waals surface area (Å²) >= 11 is 0. The third kappa shape index (κ3) is 8.06. The summed E-state index contributed by atoms with van der Waals surface area (Å²) in [5.74, 6) is -0.868. The van der Waals surface area contributed by atoms with Crippen LogP contribution in [-0.2, 0) is 30.5 Å². The Morgan fingerprint density at radius 1 is 1.09 bits per heavy atom. The average Bonchev–Trinajstić information content (AvgIpc) is 3.22. The molecule has 2 aromatic carbocycles. The van der Waals surface area contributed by atoms with Crippen LogP contribution in [0.2, 0.25) is 0 Å². The molecule has 1 aliphatic heterocycles. The predicted octanol–water partition coefficient (Wildman–Crippen LogP) is 2.66. The van der Waals surface area contributed by atoms with E-state index in [1.54, 1.807) is 12.1 Å². The molecule has 1 heterocycles. The minimum absolute atomic E-state index is 0.0174. The fourth-order valence-electron chi connectivity index (χ4n) is 3.90. The van der Waals surface area contributed by atoms with Crippen molar-refractivity contribution in [3.63, 3.8) is 0 Å². The van der Waals surface area contributed by atoms with E-state index >= 15 is 4.39 Å². The molecule has 0 aromatic heterocycles. The van der Waals surface area contributed by atoms with Crippen molar-refractivity contribution in [3.8, 4) is 5.75 Å². The maximum Gasteiger partial charge on any atom is 0.329 e. The van der Waals surface area contributed by atoms with Gasteiger partial charge in [0.05, 0.1) is 26.3 Å². The molecular weight excluding hydrogens is 455 g/mol. The highest BCUT2D eigenvalue weighted by molar-refractivity contribution is 5.89. The predicted molar refractivity (Wildman–Crippen MR) is 126 cm³/mol. The lowest BCUT2D eigenvalue weighted by atomic mass is 10.0. The molecule has 1 N–H and O–H groups in total. The van der Waals surface area contributed by atoms with Gasteiger partial charge in [0.1, 0.15) is 18.4 Å². The number of carbonyl (C=O) groups is 3. The number of methoxy groups -OCH3 is 1. The van der Waals surface area contributed by atoms with Crippen LogP contribution in [0.25, 0.3) is 0 Å². The van der Waals surface area contributed by atoms with E-state index in [-0.39, 0.29) is 45.1 Å². The first-order chi connectivity index (χ1) is 16.9. The van der Waals surface area contributed by atoms with Crippen LogP contribution in [0.5, 0.6) is 5.75 Å². The highest BCUT2D eigenvalue weighted by Crippen LogP contribution is 2.32. The Bertz CT molecular complexity index is 974. The number of likely N-dealkylation sites (tertiary alicyclic amines) is 1. The number of ether oxygens (including phenoxy) is 3. The number of nitrogens with one attached hydrogen (secondary N) is 1. The van der Waals surface area contributed by atoms with Crippen molar-refractivity contribution >= 4 is 17.8 Å². The van der Waals surface area contributed by atoms with Crippen molar-refractivity contribution in [2.24, 2.45) is 0 Å². The van der Waals surface area contributed by atoms with Gasteiger partial charge in [-0.3, -0.25) is 9.59 Å². The normalized spacial score (nSPS) is 19.3. The molecule has 1 aliphatic rings. The van der Waals surface area contributed by atoms with Crippen molar-refractivity contribution < 1.29 is 33.0 Å². The van der Waals surface area contributed by atoms with E-state index in [1.807, 2.05) is 48.5 Å². The fraction of sp³-hybridized carbons (Fsp3) is 0.423. The smallest absolute Gasteiger partial charge is 0.329 e. The number of nitrogens with zero attached hydrogens (tertiary/aromatic N) is 1. The lowest BCUT2D eigenvalue weighted by Gasteiger charge is -2.23. The molecule has 0 unspecified atom stereocenters. The van der Waals surface area contributed by atoms with Crippen LogP contribution in [0.1, 0.15) is 24.8 Å². The number of benzene rings is 2. The van der Waals surface area contributed by atoms with Crippen LogP contribution in [0.4, 0.5) is 4.39 Å². The molecule has 0 saturated carbocycles. The maximum atomic E-state index is 15.2. The summed E-state index contributed by atoms with van der Waals surface area (Å²) in [6.45, 7) is -0.541. The molecule has 2 amide bonds.